The van der Waals surface area contributed by atoms with Gasteiger partial charge in [0.1, 0.15) is 5.69 Å². The highest BCUT2D eigenvalue weighted by Gasteiger charge is 2.40. The predicted molar refractivity (Wildman–Crippen MR) is 177 cm³/mol. The van der Waals surface area contributed by atoms with Crippen LogP contribution in [-0.2, 0) is 31.1 Å². The van der Waals surface area contributed by atoms with Crippen molar-refractivity contribution >= 4 is 23.2 Å². The number of hydrogen-bond donors (Lipinski definition) is 2. The lowest BCUT2D eigenvalue weighted by atomic mass is 9.86. The lowest BCUT2D eigenvalue weighted by Gasteiger charge is -2.19. The number of benzene rings is 2. The number of amides is 2. The molecule has 8 nitrogen and oxygen atoms in total. The molecule has 0 bridgehead atoms. The summed E-state index contributed by atoms with van der Waals surface area (Å²) in [6, 6.07) is 11.4. The molecule has 0 saturated heterocycles. The number of carbonyl (C=O) groups excluding carboxylic acids is 2. The monoisotopic (exact) mass is 684 g/mol. The molecule has 0 aliphatic heterocycles. The maximum absolute atomic E-state index is 13.1. The molecule has 4 aromatic rings. The second kappa shape index (κ2) is 12.7. The van der Waals surface area contributed by atoms with Crippen molar-refractivity contribution in [1.82, 2.24) is 19.6 Å². The molecule has 2 unspecified atom stereocenters. The Morgan fingerprint density at radius 2 is 1.20 bits per heavy atom. The summed E-state index contributed by atoms with van der Waals surface area (Å²) >= 11 is 0. The summed E-state index contributed by atoms with van der Waals surface area (Å²) in [5, 5.41) is 12.5. The Bertz CT molecular complexity index is 1910. The largest absolute Gasteiger partial charge is 0.435 e. The van der Waals surface area contributed by atoms with E-state index in [1.807, 2.05) is 24.3 Å². The van der Waals surface area contributed by atoms with E-state index in [4.69, 9.17) is 0 Å². The lowest BCUT2D eigenvalue weighted by molar-refractivity contribution is -0.141. The van der Waals surface area contributed by atoms with Gasteiger partial charge in [-0.15, -0.1) is 0 Å². The standard InChI is InChI=1S/C18H20F3N3O.C18H21F2N3O/c1-10-8-17(2,3)12-6-5-7-13(14(10)12)22-16(25)11-9-24(4)23-15(11)18(19,20)21;1-10-8-18(2,3)12-6-5-7-13(14(10)12)21-17(24)11-9-23(4)22-15(11)16(19)20/h5-7,9-10H,8H2,1-4H3,(H,22,25);5-7,9-10,16H,8H2,1-4H3,(H,21,24). The van der Waals surface area contributed by atoms with E-state index in [1.54, 1.807) is 6.07 Å². The first-order valence-electron chi connectivity index (χ1n) is 16.0. The van der Waals surface area contributed by atoms with Gasteiger partial charge in [-0.1, -0.05) is 65.8 Å². The van der Waals surface area contributed by atoms with Crippen LogP contribution < -0.4 is 10.6 Å². The number of nitrogens with zero attached hydrogens (tertiary/aromatic N) is 4. The molecule has 49 heavy (non-hydrogen) atoms. The Hall–Kier alpha value is -4.55. The molecule has 0 spiro atoms. The Morgan fingerprint density at radius 1 is 0.776 bits per heavy atom. The van der Waals surface area contributed by atoms with Gasteiger partial charge in [0.05, 0.1) is 11.1 Å². The van der Waals surface area contributed by atoms with Crippen LogP contribution in [-0.4, -0.2) is 31.4 Å². The third-order valence-electron chi connectivity index (χ3n) is 9.44. The molecule has 0 radical (unpaired) electrons. The zero-order chi connectivity index (χ0) is 36.2. The predicted octanol–water partition coefficient (Wildman–Crippen LogP) is 8.87. The second-order valence-electron chi connectivity index (χ2n) is 14.4. The molecule has 2 N–H and O–H groups in total. The topological polar surface area (TPSA) is 93.8 Å². The Balaban J connectivity index is 0.000000191. The highest BCUT2D eigenvalue weighted by Crippen LogP contribution is 2.49. The van der Waals surface area contributed by atoms with E-state index >= 15 is 0 Å². The Morgan fingerprint density at radius 3 is 1.65 bits per heavy atom. The number of anilines is 2. The number of aromatic nitrogens is 4. The first kappa shape index (κ1) is 35.7. The molecular formula is C36H41F5N6O2. The zero-order valence-corrected chi connectivity index (χ0v) is 28.8. The molecule has 2 aromatic carbocycles. The number of alkyl halides is 5. The molecule has 2 aliphatic carbocycles. The van der Waals surface area contributed by atoms with Crippen molar-refractivity contribution in [2.75, 3.05) is 10.6 Å². The van der Waals surface area contributed by atoms with E-state index in [1.165, 1.54) is 30.5 Å². The van der Waals surface area contributed by atoms with Gasteiger partial charge in [0.15, 0.2) is 5.69 Å². The molecular weight excluding hydrogens is 643 g/mol. The number of aryl methyl sites for hydroxylation is 2. The van der Waals surface area contributed by atoms with E-state index in [2.05, 4.69) is 68.4 Å². The van der Waals surface area contributed by atoms with E-state index in [0.29, 0.717) is 17.3 Å². The second-order valence-corrected chi connectivity index (χ2v) is 14.4. The number of rotatable bonds is 5. The van der Waals surface area contributed by atoms with Crippen molar-refractivity contribution in [1.29, 1.82) is 0 Å². The minimum absolute atomic E-state index is 0.0269. The number of hydrogen-bond acceptors (Lipinski definition) is 4. The summed E-state index contributed by atoms with van der Waals surface area (Å²) in [4.78, 5) is 25.0. The molecule has 0 saturated carbocycles. The lowest BCUT2D eigenvalue weighted by Crippen LogP contribution is -2.19. The number of fused-ring (bicyclic) bond motifs is 2. The van der Waals surface area contributed by atoms with Crippen LogP contribution in [0.1, 0.15) is 127 Å². The summed E-state index contributed by atoms with van der Waals surface area (Å²) in [5.74, 6) is -0.832. The quantitative estimate of drug-likeness (QED) is 0.206. The molecule has 2 amide bonds. The summed E-state index contributed by atoms with van der Waals surface area (Å²) in [6.45, 7) is 12.8. The Labute approximate surface area is 282 Å². The average Bonchev–Trinajstić information content (AvgIpc) is 3.71. The van der Waals surface area contributed by atoms with Gasteiger partial charge in [0.2, 0.25) is 0 Å². The van der Waals surface area contributed by atoms with Crippen LogP contribution >= 0.6 is 0 Å². The van der Waals surface area contributed by atoms with Crippen LogP contribution in [0.3, 0.4) is 0 Å². The summed E-state index contributed by atoms with van der Waals surface area (Å²) in [6.07, 6.45) is -3.13. The fraction of sp³-hybridized carbons (Fsp3) is 0.444. The first-order valence-corrected chi connectivity index (χ1v) is 16.0. The highest BCUT2D eigenvalue weighted by atomic mass is 19.4. The maximum Gasteiger partial charge on any atom is 0.435 e. The van der Waals surface area contributed by atoms with Crippen molar-refractivity contribution in [3.8, 4) is 0 Å². The smallest absolute Gasteiger partial charge is 0.322 e. The number of nitrogens with one attached hydrogen (secondary N) is 2. The molecule has 0 fully saturated rings. The molecule has 2 aromatic heterocycles. The van der Waals surface area contributed by atoms with E-state index in [0.717, 1.165) is 40.4 Å². The van der Waals surface area contributed by atoms with Crippen LogP contribution in [0.15, 0.2) is 48.8 Å². The van der Waals surface area contributed by atoms with Gasteiger partial charge in [0, 0.05) is 37.9 Å². The summed E-state index contributed by atoms with van der Waals surface area (Å²) in [5.41, 5.74) is 3.47. The van der Waals surface area contributed by atoms with Gasteiger partial charge in [-0.25, -0.2) is 8.78 Å². The van der Waals surface area contributed by atoms with Gasteiger partial charge in [-0.3, -0.25) is 19.0 Å². The minimum Gasteiger partial charge on any atom is -0.322 e. The number of halogens is 5. The van der Waals surface area contributed by atoms with Gasteiger partial charge in [0.25, 0.3) is 18.2 Å². The maximum atomic E-state index is 13.1. The van der Waals surface area contributed by atoms with Crippen LogP contribution in [0.2, 0.25) is 0 Å². The van der Waals surface area contributed by atoms with Gasteiger partial charge in [-0.2, -0.15) is 23.4 Å². The summed E-state index contributed by atoms with van der Waals surface area (Å²) < 4.78 is 67.6. The van der Waals surface area contributed by atoms with Crippen molar-refractivity contribution in [3.63, 3.8) is 0 Å². The van der Waals surface area contributed by atoms with Gasteiger partial charge < -0.3 is 10.6 Å². The Kier molecular flexibility index (Phi) is 9.28. The van der Waals surface area contributed by atoms with Crippen molar-refractivity contribution in [2.24, 2.45) is 14.1 Å². The third-order valence-corrected chi connectivity index (χ3v) is 9.44. The van der Waals surface area contributed by atoms with E-state index in [9.17, 15) is 31.5 Å². The van der Waals surface area contributed by atoms with Crippen LogP contribution in [0, 0.1) is 0 Å². The van der Waals surface area contributed by atoms with Crippen LogP contribution in [0.4, 0.5) is 33.3 Å². The normalized spacial score (nSPS) is 18.8. The van der Waals surface area contributed by atoms with Gasteiger partial charge in [-0.05, 0) is 69.9 Å². The van der Waals surface area contributed by atoms with Crippen LogP contribution in [0.25, 0.3) is 0 Å². The molecule has 6 rings (SSSR count). The fourth-order valence-corrected chi connectivity index (χ4v) is 7.63. The van der Waals surface area contributed by atoms with Crippen molar-refractivity contribution in [2.45, 2.75) is 89.7 Å². The molecule has 13 heteroatoms. The zero-order valence-electron chi connectivity index (χ0n) is 28.8. The molecule has 262 valence electrons. The van der Waals surface area contributed by atoms with E-state index < -0.39 is 41.4 Å². The highest BCUT2D eigenvalue weighted by molar-refractivity contribution is 6.06. The third kappa shape index (κ3) is 6.98. The SMILES string of the molecule is CC1CC(C)(C)c2cccc(NC(=O)c3cn(C)nc3C(F)(F)F)c21.CC1CC(C)(C)c2cccc(NC(=O)c3cn(C)nc3C(F)F)c21. The van der Waals surface area contributed by atoms with Crippen molar-refractivity contribution < 1.29 is 31.5 Å². The fourth-order valence-electron chi connectivity index (χ4n) is 7.63. The summed E-state index contributed by atoms with van der Waals surface area (Å²) in [7, 11) is 2.88. The van der Waals surface area contributed by atoms with Crippen molar-refractivity contribution in [3.05, 3.63) is 93.6 Å². The number of carbonyl (C=O) groups is 2. The van der Waals surface area contributed by atoms with Crippen LogP contribution in [0.5, 0.6) is 0 Å². The molecule has 2 heterocycles. The minimum atomic E-state index is -4.68. The van der Waals surface area contributed by atoms with E-state index in [-0.39, 0.29) is 22.3 Å². The average molecular weight is 685 g/mol. The molecule has 2 aliphatic rings. The molecule has 2 atom stereocenters. The first-order chi connectivity index (χ1) is 22.7. The van der Waals surface area contributed by atoms with Gasteiger partial charge >= 0.3 is 6.18 Å².